The van der Waals surface area contributed by atoms with Crippen molar-refractivity contribution in [3.05, 3.63) is 77.9 Å². The van der Waals surface area contributed by atoms with Crippen molar-refractivity contribution in [2.45, 2.75) is 37.1 Å². The minimum atomic E-state index is -3.76. The van der Waals surface area contributed by atoms with Crippen molar-refractivity contribution >= 4 is 10.0 Å². The fourth-order valence-electron chi connectivity index (χ4n) is 3.18. The van der Waals surface area contributed by atoms with E-state index in [0.717, 1.165) is 17.5 Å². The molecule has 29 heavy (non-hydrogen) atoms. The Bertz CT molecular complexity index is 1060. The molecular formula is C22H27N3O3S. The number of imidazole rings is 1. The largest absolute Gasteiger partial charge is 0.497 e. The van der Waals surface area contributed by atoms with Crippen LogP contribution in [0.3, 0.4) is 0 Å². The third-order valence-electron chi connectivity index (χ3n) is 5.19. The first kappa shape index (κ1) is 21.1. The molecule has 0 saturated carbocycles. The van der Waals surface area contributed by atoms with Crippen LogP contribution < -0.4 is 9.46 Å². The molecule has 1 aromatic heterocycles. The van der Waals surface area contributed by atoms with Crippen LogP contribution in [0.4, 0.5) is 0 Å². The molecule has 0 amide bonds. The predicted octanol–water partition coefficient (Wildman–Crippen LogP) is 4.01. The Labute approximate surface area is 172 Å². The zero-order valence-electron chi connectivity index (χ0n) is 17.2. The molecule has 0 spiro atoms. The molecule has 1 N–H and O–H groups in total. The summed E-state index contributed by atoms with van der Waals surface area (Å²) in [4.78, 5) is 4.60. The number of aromatic nitrogens is 2. The second-order valence-electron chi connectivity index (χ2n) is 7.11. The van der Waals surface area contributed by atoms with Crippen LogP contribution in [-0.2, 0) is 17.1 Å². The van der Waals surface area contributed by atoms with Gasteiger partial charge in [-0.1, -0.05) is 38.1 Å². The van der Waals surface area contributed by atoms with E-state index in [1.165, 1.54) is 0 Å². The maximum absolute atomic E-state index is 13.1. The SMILES string of the molecule is CCC(C)c1ccc(S(=O)(=O)NC(c2cccc(OC)c2)c2nccn2C)cc1. The molecule has 0 aliphatic carbocycles. The van der Waals surface area contributed by atoms with Gasteiger partial charge in [0.2, 0.25) is 10.0 Å². The van der Waals surface area contributed by atoms with Crippen LogP contribution in [0.2, 0.25) is 0 Å². The molecule has 0 aliphatic rings. The third-order valence-corrected chi connectivity index (χ3v) is 6.63. The summed E-state index contributed by atoms with van der Waals surface area (Å²) in [5.41, 5.74) is 1.87. The van der Waals surface area contributed by atoms with Crippen molar-refractivity contribution in [2.75, 3.05) is 7.11 Å². The van der Waals surface area contributed by atoms with E-state index in [9.17, 15) is 8.42 Å². The van der Waals surface area contributed by atoms with Gasteiger partial charge in [0.25, 0.3) is 0 Å². The first-order chi connectivity index (χ1) is 13.9. The summed E-state index contributed by atoms with van der Waals surface area (Å²) >= 11 is 0. The van der Waals surface area contributed by atoms with Crippen molar-refractivity contribution in [1.29, 1.82) is 0 Å². The molecule has 2 atom stereocenters. The van der Waals surface area contributed by atoms with Gasteiger partial charge in [0.15, 0.2) is 0 Å². The van der Waals surface area contributed by atoms with E-state index in [0.29, 0.717) is 17.5 Å². The monoisotopic (exact) mass is 413 g/mol. The lowest BCUT2D eigenvalue weighted by Gasteiger charge is -2.20. The molecule has 1 heterocycles. The van der Waals surface area contributed by atoms with E-state index in [1.807, 2.05) is 43.4 Å². The van der Waals surface area contributed by atoms with Crippen LogP contribution in [-0.4, -0.2) is 25.1 Å². The predicted molar refractivity (Wildman–Crippen MR) is 114 cm³/mol. The lowest BCUT2D eigenvalue weighted by atomic mass is 9.99. The smallest absolute Gasteiger partial charge is 0.241 e. The highest BCUT2D eigenvalue weighted by Crippen LogP contribution is 2.27. The van der Waals surface area contributed by atoms with E-state index < -0.39 is 16.1 Å². The summed E-state index contributed by atoms with van der Waals surface area (Å²) in [7, 11) is -0.344. The first-order valence-electron chi connectivity index (χ1n) is 9.59. The van der Waals surface area contributed by atoms with E-state index in [1.54, 1.807) is 36.2 Å². The molecule has 0 aliphatic heterocycles. The average Bonchev–Trinajstić information content (AvgIpc) is 3.17. The fraction of sp³-hybridized carbons (Fsp3) is 0.318. The number of rotatable bonds is 8. The second-order valence-corrected chi connectivity index (χ2v) is 8.82. The summed E-state index contributed by atoms with van der Waals surface area (Å²) in [6.07, 6.45) is 4.44. The van der Waals surface area contributed by atoms with E-state index in [2.05, 4.69) is 23.6 Å². The highest BCUT2D eigenvalue weighted by atomic mass is 32.2. The maximum atomic E-state index is 13.1. The molecule has 0 bridgehead atoms. The molecular weight excluding hydrogens is 386 g/mol. The minimum absolute atomic E-state index is 0.228. The van der Waals surface area contributed by atoms with Crippen LogP contribution in [0.25, 0.3) is 0 Å². The number of aryl methyl sites for hydroxylation is 1. The van der Waals surface area contributed by atoms with Crippen LogP contribution in [0, 0.1) is 0 Å². The number of nitrogens with zero attached hydrogens (tertiary/aromatic N) is 2. The van der Waals surface area contributed by atoms with Gasteiger partial charge < -0.3 is 9.30 Å². The number of hydrogen-bond acceptors (Lipinski definition) is 4. The van der Waals surface area contributed by atoms with Gasteiger partial charge >= 0.3 is 0 Å². The summed E-state index contributed by atoms with van der Waals surface area (Å²) in [6.45, 7) is 4.24. The Morgan fingerprint density at radius 3 is 2.45 bits per heavy atom. The van der Waals surface area contributed by atoms with Gasteiger partial charge in [-0.25, -0.2) is 13.4 Å². The van der Waals surface area contributed by atoms with Gasteiger partial charge in [0, 0.05) is 19.4 Å². The molecule has 3 aromatic rings. The third kappa shape index (κ3) is 4.68. The van der Waals surface area contributed by atoms with Gasteiger partial charge in [-0.05, 0) is 47.7 Å². The van der Waals surface area contributed by atoms with Crippen molar-refractivity contribution in [3.8, 4) is 5.75 Å². The molecule has 0 saturated heterocycles. The summed E-state index contributed by atoms with van der Waals surface area (Å²) in [5.74, 6) is 1.63. The van der Waals surface area contributed by atoms with E-state index >= 15 is 0 Å². The Balaban J connectivity index is 1.97. The Morgan fingerprint density at radius 1 is 1.14 bits per heavy atom. The van der Waals surface area contributed by atoms with Crippen LogP contribution in [0.5, 0.6) is 5.75 Å². The molecule has 6 nitrogen and oxygen atoms in total. The number of ether oxygens (including phenoxy) is 1. The van der Waals surface area contributed by atoms with Crippen LogP contribution in [0.15, 0.2) is 65.8 Å². The minimum Gasteiger partial charge on any atom is -0.497 e. The zero-order valence-corrected chi connectivity index (χ0v) is 18.0. The van der Waals surface area contributed by atoms with Crippen molar-refractivity contribution in [3.63, 3.8) is 0 Å². The summed E-state index contributed by atoms with van der Waals surface area (Å²) in [5, 5.41) is 0. The number of nitrogens with one attached hydrogen (secondary N) is 1. The molecule has 2 unspecified atom stereocenters. The zero-order chi connectivity index (χ0) is 21.0. The number of sulfonamides is 1. The average molecular weight is 414 g/mol. The summed E-state index contributed by atoms with van der Waals surface area (Å²) in [6, 6.07) is 13.7. The van der Waals surface area contributed by atoms with Crippen LogP contribution >= 0.6 is 0 Å². The Kier molecular flexibility index (Phi) is 6.39. The maximum Gasteiger partial charge on any atom is 0.241 e. The fourth-order valence-corrected chi connectivity index (χ4v) is 4.36. The highest BCUT2D eigenvalue weighted by Gasteiger charge is 2.26. The van der Waals surface area contributed by atoms with E-state index in [4.69, 9.17) is 4.74 Å². The first-order valence-corrected chi connectivity index (χ1v) is 11.1. The van der Waals surface area contributed by atoms with Gasteiger partial charge in [0.1, 0.15) is 17.6 Å². The normalized spacial score (nSPS) is 13.8. The second kappa shape index (κ2) is 8.80. The van der Waals surface area contributed by atoms with Gasteiger partial charge in [0.05, 0.1) is 12.0 Å². The number of methoxy groups -OCH3 is 1. The molecule has 0 fully saturated rings. The summed E-state index contributed by atoms with van der Waals surface area (Å²) < 4.78 is 36.2. The molecule has 0 radical (unpaired) electrons. The van der Waals surface area contributed by atoms with Crippen molar-refractivity contribution < 1.29 is 13.2 Å². The Morgan fingerprint density at radius 2 is 1.86 bits per heavy atom. The topological polar surface area (TPSA) is 73.2 Å². The lowest BCUT2D eigenvalue weighted by molar-refractivity contribution is 0.413. The standard InChI is InChI=1S/C22H27N3O3S/c1-5-16(2)17-9-11-20(12-10-17)29(26,27)24-21(22-23-13-14-25(22)3)18-7-6-8-19(15-18)28-4/h6-16,21,24H,5H2,1-4H3. The number of hydrogen-bond donors (Lipinski definition) is 1. The van der Waals surface area contributed by atoms with Crippen molar-refractivity contribution in [1.82, 2.24) is 14.3 Å². The molecule has 3 rings (SSSR count). The highest BCUT2D eigenvalue weighted by molar-refractivity contribution is 7.89. The van der Waals surface area contributed by atoms with Gasteiger partial charge in [-0.2, -0.15) is 4.72 Å². The van der Waals surface area contributed by atoms with Crippen LogP contribution in [0.1, 0.15) is 49.2 Å². The van der Waals surface area contributed by atoms with E-state index in [-0.39, 0.29) is 4.90 Å². The van der Waals surface area contributed by atoms with Crippen molar-refractivity contribution in [2.24, 2.45) is 7.05 Å². The van der Waals surface area contributed by atoms with Gasteiger partial charge in [-0.15, -0.1) is 0 Å². The lowest BCUT2D eigenvalue weighted by Crippen LogP contribution is -2.31. The molecule has 7 heteroatoms. The molecule has 154 valence electrons. The quantitative estimate of drug-likeness (QED) is 0.606. The molecule has 2 aromatic carbocycles. The Hall–Kier alpha value is -2.64. The number of benzene rings is 2. The van der Waals surface area contributed by atoms with Gasteiger partial charge in [-0.3, -0.25) is 0 Å².